The van der Waals surface area contributed by atoms with E-state index in [-0.39, 0.29) is 12.3 Å². The van der Waals surface area contributed by atoms with Gasteiger partial charge in [-0.25, -0.2) is 13.8 Å². The van der Waals surface area contributed by atoms with Crippen LogP contribution in [0.4, 0.5) is 14.5 Å². The van der Waals surface area contributed by atoms with Crippen molar-refractivity contribution >= 4 is 23.2 Å². The number of rotatable bonds is 4. The van der Waals surface area contributed by atoms with Crippen LogP contribution in [0.3, 0.4) is 0 Å². The van der Waals surface area contributed by atoms with Gasteiger partial charge >= 0.3 is 0 Å². The highest BCUT2D eigenvalue weighted by Crippen LogP contribution is 2.32. The summed E-state index contributed by atoms with van der Waals surface area (Å²) in [6, 6.07) is 9.20. The molecule has 0 unspecified atom stereocenters. The van der Waals surface area contributed by atoms with Gasteiger partial charge in [-0.3, -0.25) is 4.79 Å². The Morgan fingerprint density at radius 2 is 2.00 bits per heavy atom. The number of oxazole rings is 1. The lowest BCUT2D eigenvalue weighted by Gasteiger charge is -2.17. The molecule has 138 valence electrons. The summed E-state index contributed by atoms with van der Waals surface area (Å²) in [4.78, 5) is 18.1. The van der Waals surface area contributed by atoms with Gasteiger partial charge in [0.1, 0.15) is 11.6 Å². The highest BCUT2D eigenvalue weighted by atomic mass is 35.5. The van der Waals surface area contributed by atoms with Crippen molar-refractivity contribution in [3.63, 3.8) is 0 Å². The quantitative estimate of drug-likeness (QED) is 0.645. The van der Waals surface area contributed by atoms with Crippen LogP contribution in [0.1, 0.15) is 17.9 Å². The Labute approximate surface area is 159 Å². The summed E-state index contributed by atoms with van der Waals surface area (Å²) >= 11 is 5.87. The van der Waals surface area contributed by atoms with Crippen molar-refractivity contribution in [2.75, 3.05) is 11.4 Å². The number of aryl methyl sites for hydroxylation is 1. The topological polar surface area (TPSA) is 46.3 Å². The number of amides is 1. The molecule has 1 aliphatic rings. The first-order valence-corrected chi connectivity index (χ1v) is 8.88. The third-order valence-electron chi connectivity index (χ3n) is 4.55. The van der Waals surface area contributed by atoms with Crippen molar-refractivity contribution in [1.29, 1.82) is 0 Å². The summed E-state index contributed by atoms with van der Waals surface area (Å²) in [5.41, 5.74) is 1.53. The maximum Gasteiger partial charge on any atom is 0.227 e. The van der Waals surface area contributed by atoms with E-state index in [2.05, 4.69) is 4.98 Å². The second-order valence-electron chi connectivity index (χ2n) is 6.31. The summed E-state index contributed by atoms with van der Waals surface area (Å²) in [5, 5.41) is 0.628. The lowest BCUT2D eigenvalue weighted by atomic mass is 10.1. The fourth-order valence-corrected chi connectivity index (χ4v) is 3.33. The highest BCUT2D eigenvalue weighted by molar-refractivity contribution is 6.30. The van der Waals surface area contributed by atoms with E-state index < -0.39 is 11.6 Å². The lowest BCUT2D eigenvalue weighted by Crippen LogP contribution is -2.29. The largest absolute Gasteiger partial charge is 0.441 e. The molecule has 27 heavy (non-hydrogen) atoms. The van der Waals surface area contributed by atoms with E-state index in [1.54, 1.807) is 18.3 Å². The van der Waals surface area contributed by atoms with Crippen molar-refractivity contribution in [1.82, 2.24) is 4.98 Å². The first-order chi connectivity index (χ1) is 13.0. The van der Waals surface area contributed by atoms with Crippen molar-refractivity contribution in [3.8, 4) is 11.3 Å². The molecular weight excluding hydrogens is 374 g/mol. The number of halogens is 3. The fraction of sp³-hybridized carbons (Fsp3) is 0.200. The van der Waals surface area contributed by atoms with Gasteiger partial charge in [-0.1, -0.05) is 11.6 Å². The molecule has 0 N–H and O–H groups in total. The third kappa shape index (κ3) is 3.57. The average molecular weight is 389 g/mol. The Kier molecular flexibility index (Phi) is 4.66. The van der Waals surface area contributed by atoms with Crippen LogP contribution < -0.4 is 4.90 Å². The molecule has 1 aromatic heterocycles. The molecule has 2 aromatic carbocycles. The zero-order valence-corrected chi connectivity index (χ0v) is 15.0. The third-order valence-corrected chi connectivity index (χ3v) is 4.80. The van der Waals surface area contributed by atoms with Crippen LogP contribution in [0.25, 0.3) is 11.3 Å². The van der Waals surface area contributed by atoms with Gasteiger partial charge in [0.2, 0.25) is 5.91 Å². The number of hydrogen-bond donors (Lipinski definition) is 0. The molecule has 7 heteroatoms. The number of carbonyl (C=O) groups excluding carboxylic acids is 1. The van der Waals surface area contributed by atoms with Gasteiger partial charge in [0.15, 0.2) is 11.7 Å². The Bertz CT molecular complexity index is 1000. The summed E-state index contributed by atoms with van der Waals surface area (Å²) in [5.74, 6) is -0.500. The van der Waals surface area contributed by atoms with Crippen molar-refractivity contribution in [2.24, 2.45) is 0 Å². The number of nitrogens with zero attached hydrogens (tertiary/aromatic N) is 2. The van der Waals surface area contributed by atoms with Crippen molar-refractivity contribution in [3.05, 3.63) is 70.7 Å². The summed E-state index contributed by atoms with van der Waals surface area (Å²) in [6.45, 7) is 0.343. The maximum absolute atomic E-state index is 13.8. The predicted octanol–water partition coefficient (Wildman–Crippen LogP) is 4.80. The molecule has 1 amide bonds. The Hall–Kier alpha value is -2.73. The van der Waals surface area contributed by atoms with Crippen molar-refractivity contribution < 1.29 is 18.0 Å². The average Bonchev–Trinajstić information content (AvgIpc) is 3.27. The van der Waals surface area contributed by atoms with E-state index in [1.165, 1.54) is 11.0 Å². The normalized spacial score (nSPS) is 13.1. The monoisotopic (exact) mass is 388 g/mol. The number of anilines is 1. The molecular formula is C20H15ClF2N2O2. The second kappa shape index (κ2) is 7.12. The van der Waals surface area contributed by atoms with Gasteiger partial charge in [0.05, 0.1) is 11.9 Å². The van der Waals surface area contributed by atoms with Crippen LogP contribution in [0.15, 0.2) is 47.0 Å². The minimum Gasteiger partial charge on any atom is -0.441 e. The predicted molar refractivity (Wildman–Crippen MR) is 97.7 cm³/mol. The first kappa shape index (κ1) is 17.7. The number of carbonyl (C=O) groups is 1. The van der Waals surface area contributed by atoms with Crippen LogP contribution in [0, 0.1) is 11.6 Å². The van der Waals surface area contributed by atoms with Crippen LogP contribution in [-0.2, 0) is 17.6 Å². The summed E-state index contributed by atoms with van der Waals surface area (Å²) in [6.07, 6.45) is 2.42. The fourth-order valence-electron chi connectivity index (χ4n) is 3.20. The Morgan fingerprint density at radius 1 is 1.22 bits per heavy atom. The smallest absolute Gasteiger partial charge is 0.227 e. The molecule has 0 spiro atoms. The van der Waals surface area contributed by atoms with E-state index in [9.17, 15) is 13.6 Å². The molecule has 0 saturated heterocycles. The molecule has 0 bridgehead atoms. The molecule has 2 heterocycles. The van der Waals surface area contributed by atoms with Crippen LogP contribution >= 0.6 is 11.6 Å². The van der Waals surface area contributed by atoms with E-state index in [0.717, 1.165) is 11.6 Å². The summed E-state index contributed by atoms with van der Waals surface area (Å²) in [7, 11) is 0. The van der Waals surface area contributed by atoms with Crippen LogP contribution in [0.2, 0.25) is 5.02 Å². The molecule has 4 rings (SSSR count). The van der Waals surface area contributed by atoms with Crippen molar-refractivity contribution in [2.45, 2.75) is 19.3 Å². The molecule has 0 fully saturated rings. The number of fused-ring (bicyclic) bond motifs is 1. The molecule has 0 saturated carbocycles. The van der Waals surface area contributed by atoms with E-state index >= 15 is 0 Å². The van der Waals surface area contributed by atoms with Crippen LogP contribution in [0.5, 0.6) is 0 Å². The van der Waals surface area contributed by atoms with Gasteiger partial charge in [-0.2, -0.15) is 0 Å². The Morgan fingerprint density at radius 3 is 2.78 bits per heavy atom. The molecule has 0 aliphatic carbocycles. The number of benzene rings is 2. The maximum atomic E-state index is 13.8. The number of hydrogen-bond acceptors (Lipinski definition) is 3. The van der Waals surface area contributed by atoms with E-state index in [1.807, 2.05) is 12.1 Å². The van der Waals surface area contributed by atoms with Gasteiger partial charge in [-0.05, 0) is 36.8 Å². The van der Waals surface area contributed by atoms with Gasteiger partial charge in [-0.15, -0.1) is 0 Å². The SMILES string of the molecule is O=C(CCc1ncc(-c2ccc(Cl)cc2)o1)N1CCc2c(F)cc(F)cc21. The standard InChI is InChI=1S/C20H15ClF2N2O2/c21-13-3-1-12(2-4-13)18-11-24-19(27-18)5-6-20(26)25-8-7-15-16(23)9-14(22)10-17(15)25/h1-4,9-11H,5-8H2. The van der Waals surface area contributed by atoms with E-state index in [4.69, 9.17) is 16.0 Å². The van der Waals surface area contributed by atoms with Gasteiger partial charge < -0.3 is 9.32 Å². The first-order valence-electron chi connectivity index (χ1n) is 8.50. The van der Waals surface area contributed by atoms with Gasteiger partial charge in [0.25, 0.3) is 0 Å². The summed E-state index contributed by atoms with van der Waals surface area (Å²) < 4.78 is 33.0. The molecule has 3 aromatic rings. The highest BCUT2D eigenvalue weighted by Gasteiger charge is 2.27. The van der Waals surface area contributed by atoms with Gasteiger partial charge in [0, 0.05) is 41.6 Å². The lowest BCUT2D eigenvalue weighted by molar-refractivity contribution is -0.118. The minimum atomic E-state index is -0.689. The Balaban J connectivity index is 1.43. The zero-order chi connectivity index (χ0) is 19.0. The second-order valence-corrected chi connectivity index (χ2v) is 6.74. The molecule has 0 radical (unpaired) electrons. The zero-order valence-electron chi connectivity index (χ0n) is 14.2. The minimum absolute atomic E-state index is 0.137. The molecule has 1 aliphatic heterocycles. The number of aromatic nitrogens is 1. The molecule has 0 atom stereocenters. The van der Waals surface area contributed by atoms with Crippen LogP contribution in [-0.4, -0.2) is 17.4 Å². The van der Waals surface area contributed by atoms with E-state index in [0.29, 0.717) is 47.3 Å². The molecule has 4 nitrogen and oxygen atoms in total.